The second-order valence-electron chi connectivity index (χ2n) is 5.77. The lowest BCUT2D eigenvalue weighted by Crippen LogP contribution is -2.04. The molecule has 0 spiro atoms. The van der Waals surface area contributed by atoms with Crippen molar-refractivity contribution in [2.24, 2.45) is 0 Å². The Morgan fingerprint density at radius 1 is 1.00 bits per heavy atom. The van der Waals surface area contributed by atoms with E-state index in [0.717, 1.165) is 16.9 Å². The van der Waals surface area contributed by atoms with E-state index in [1.54, 1.807) is 24.5 Å². The van der Waals surface area contributed by atoms with Crippen molar-refractivity contribution < 1.29 is 13.5 Å². The van der Waals surface area contributed by atoms with Crippen LogP contribution in [0.2, 0.25) is 0 Å². The molecule has 0 radical (unpaired) electrons. The highest BCUT2D eigenvalue weighted by Crippen LogP contribution is 2.23. The summed E-state index contributed by atoms with van der Waals surface area (Å²) >= 11 is 0. The molecular formula is C19H15F2N5O. The van der Waals surface area contributed by atoms with Crippen molar-refractivity contribution in [3.8, 4) is 11.6 Å². The van der Waals surface area contributed by atoms with Gasteiger partial charge in [0.15, 0.2) is 11.6 Å². The summed E-state index contributed by atoms with van der Waals surface area (Å²) in [5.41, 5.74) is 2.50. The molecule has 0 unspecified atom stereocenters. The molecule has 4 rings (SSSR count). The van der Waals surface area contributed by atoms with E-state index < -0.39 is 6.61 Å². The molecule has 0 fully saturated rings. The zero-order chi connectivity index (χ0) is 18.8. The van der Waals surface area contributed by atoms with Crippen LogP contribution in [0.15, 0.2) is 60.9 Å². The van der Waals surface area contributed by atoms with E-state index in [1.807, 2.05) is 35.8 Å². The Hall–Kier alpha value is -3.55. The summed E-state index contributed by atoms with van der Waals surface area (Å²) in [7, 11) is 0. The predicted molar refractivity (Wildman–Crippen MR) is 97.8 cm³/mol. The smallest absolute Gasteiger partial charge is 0.387 e. The lowest BCUT2D eigenvalue weighted by Gasteiger charge is -2.10. The van der Waals surface area contributed by atoms with E-state index in [0.29, 0.717) is 17.3 Å². The first-order valence-corrected chi connectivity index (χ1v) is 8.18. The summed E-state index contributed by atoms with van der Waals surface area (Å²) < 4.78 is 30.7. The zero-order valence-corrected chi connectivity index (χ0v) is 14.3. The maximum Gasteiger partial charge on any atom is 0.387 e. The average molecular weight is 367 g/mol. The van der Waals surface area contributed by atoms with Gasteiger partial charge in [0, 0.05) is 5.69 Å². The molecule has 136 valence electrons. The van der Waals surface area contributed by atoms with Gasteiger partial charge in [-0.15, -0.1) is 0 Å². The van der Waals surface area contributed by atoms with Crippen LogP contribution in [0.5, 0.6) is 5.75 Å². The minimum absolute atomic E-state index is 0.0934. The second-order valence-corrected chi connectivity index (χ2v) is 5.77. The van der Waals surface area contributed by atoms with E-state index in [-0.39, 0.29) is 5.75 Å². The summed E-state index contributed by atoms with van der Waals surface area (Å²) in [4.78, 5) is 13.4. The molecular weight excluding hydrogens is 352 g/mol. The van der Waals surface area contributed by atoms with Crippen molar-refractivity contribution in [1.29, 1.82) is 0 Å². The molecule has 8 heteroatoms. The number of para-hydroxylation sites is 2. The Labute approximate surface area is 153 Å². The Bertz CT molecular complexity index is 1080. The van der Waals surface area contributed by atoms with Gasteiger partial charge >= 0.3 is 6.61 Å². The van der Waals surface area contributed by atoms with Crippen molar-refractivity contribution >= 4 is 22.5 Å². The van der Waals surface area contributed by atoms with Crippen molar-refractivity contribution in [3.05, 3.63) is 66.7 Å². The summed E-state index contributed by atoms with van der Waals surface area (Å²) in [5.74, 6) is 2.04. The maximum atomic E-state index is 12.2. The van der Waals surface area contributed by atoms with Gasteiger partial charge in [-0.2, -0.15) is 8.78 Å². The van der Waals surface area contributed by atoms with Crippen LogP contribution in [-0.4, -0.2) is 26.1 Å². The number of hydrogen-bond acceptors (Lipinski definition) is 5. The monoisotopic (exact) mass is 367 g/mol. The molecule has 0 aliphatic heterocycles. The van der Waals surface area contributed by atoms with E-state index in [2.05, 4.69) is 25.0 Å². The Morgan fingerprint density at radius 3 is 2.56 bits per heavy atom. The van der Waals surface area contributed by atoms with E-state index in [1.165, 1.54) is 12.1 Å². The zero-order valence-electron chi connectivity index (χ0n) is 14.3. The molecule has 4 aromatic rings. The van der Waals surface area contributed by atoms with Crippen molar-refractivity contribution in [2.75, 3.05) is 5.32 Å². The van der Waals surface area contributed by atoms with Gasteiger partial charge in [-0.3, -0.25) is 9.55 Å². The van der Waals surface area contributed by atoms with Gasteiger partial charge in [-0.25, -0.2) is 9.97 Å². The normalized spacial score (nSPS) is 11.1. The molecule has 1 N–H and O–H groups in total. The summed E-state index contributed by atoms with van der Waals surface area (Å²) in [5, 5.41) is 3.10. The average Bonchev–Trinajstić information content (AvgIpc) is 2.99. The Morgan fingerprint density at radius 2 is 1.78 bits per heavy atom. The highest BCUT2D eigenvalue weighted by molar-refractivity contribution is 5.77. The number of nitrogens with one attached hydrogen (secondary N) is 1. The Kier molecular flexibility index (Phi) is 4.37. The second kappa shape index (κ2) is 6.99. The van der Waals surface area contributed by atoms with Crippen LogP contribution in [0.3, 0.4) is 0 Å². The molecule has 0 saturated carbocycles. The SMILES string of the molecule is Cc1nc2ccccc2n1-c1cncc(Nc2ccc(OC(F)F)cc2)n1. The fourth-order valence-corrected chi connectivity index (χ4v) is 2.83. The molecule has 0 atom stereocenters. The minimum atomic E-state index is -2.85. The highest BCUT2D eigenvalue weighted by Gasteiger charge is 2.11. The van der Waals surface area contributed by atoms with E-state index in [4.69, 9.17) is 0 Å². The number of aromatic nitrogens is 4. The Balaban J connectivity index is 1.62. The summed E-state index contributed by atoms with van der Waals surface area (Å²) in [6.07, 6.45) is 3.24. The van der Waals surface area contributed by atoms with Gasteiger partial charge < -0.3 is 10.1 Å². The third kappa shape index (κ3) is 3.55. The molecule has 0 amide bonds. The van der Waals surface area contributed by atoms with Gasteiger partial charge in [0.25, 0.3) is 0 Å². The number of nitrogens with zero attached hydrogens (tertiary/aromatic N) is 4. The number of rotatable bonds is 5. The number of alkyl halides is 2. The first-order chi connectivity index (χ1) is 13.1. The molecule has 2 heterocycles. The van der Waals surface area contributed by atoms with Crippen molar-refractivity contribution in [2.45, 2.75) is 13.5 Å². The van der Waals surface area contributed by atoms with Crippen molar-refractivity contribution in [3.63, 3.8) is 0 Å². The van der Waals surface area contributed by atoms with Crippen LogP contribution in [0.25, 0.3) is 16.9 Å². The van der Waals surface area contributed by atoms with Crippen LogP contribution in [0.1, 0.15) is 5.82 Å². The first kappa shape index (κ1) is 16.9. The largest absolute Gasteiger partial charge is 0.435 e. The number of anilines is 2. The van der Waals surface area contributed by atoms with Gasteiger partial charge in [0.05, 0.1) is 23.4 Å². The van der Waals surface area contributed by atoms with Crippen molar-refractivity contribution in [1.82, 2.24) is 19.5 Å². The first-order valence-electron chi connectivity index (χ1n) is 8.18. The number of aryl methyl sites for hydroxylation is 1. The van der Waals surface area contributed by atoms with Gasteiger partial charge in [-0.05, 0) is 43.3 Å². The predicted octanol–water partition coefficient (Wildman–Crippen LogP) is 4.47. The third-order valence-corrected chi connectivity index (χ3v) is 3.93. The van der Waals surface area contributed by atoms with Gasteiger partial charge in [0.1, 0.15) is 11.6 Å². The molecule has 0 aliphatic carbocycles. The quantitative estimate of drug-likeness (QED) is 0.564. The molecule has 27 heavy (non-hydrogen) atoms. The molecule has 0 saturated heterocycles. The lowest BCUT2D eigenvalue weighted by atomic mass is 10.3. The molecule has 0 bridgehead atoms. The minimum Gasteiger partial charge on any atom is -0.435 e. The van der Waals surface area contributed by atoms with Gasteiger partial charge in [0.2, 0.25) is 0 Å². The number of ether oxygens (including phenoxy) is 1. The number of benzene rings is 2. The number of fused-ring (bicyclic) bond motifs is 1. The molecule has 6 nitrogen and oxygen atoms in total. The maximum absolute atomic E-state index is 12.2. The third-order valence-electron chi connectivity index (χ3n) is 3.93. The van der Waals surface area contributed by atoms with Crippen LogP contribution in [0, 0.1) is 6.92 Å². The number of hydrogen-bond donors (Lipinski definition) is 1. The standard InChI is InChI=1S/C19H15F2N5O/c1-12-23-15-4-2-3-5-16(15)26(12)18-11-22-10-17(25-18)24-13-6-8-14(9-7-13)27-19(20)21/h2-11,19H,1H3,(H,24,25). The van der Waals surface area contributed by atoms with E-state index >= 15 is 0 Å². The summed E-state index contributed by atoms with van der Waals surface area (Å²) in [6, 6.07) is 14.0. The molecule has 2 aromatic carbocycles. The van der Waals surface area contributed by atoms with Crippen LogP contribution < -0.4 is 10.1 Å². The van der Waals surface area contributed by atoms with E-state index in [9.17, 15) is 8.78 Å². The van der Waals surface area contributed by atoms with Crippen LogP contribution in [0.4, 0.5) is 20.3 Å². The lowest BCUT2D eigenvalue weighted by molar-refractivity contribution is -0.0498. The fraction of sp³-hybridized carbons (Fsp3) is 0.105. The van der Waals surface area contributed by atoms with Gasteiger partial charge in [-0.1, -0.05) is 12.1 Å². The fourth-order valence-electron chi connectivity index (χ4n) is 2.83. The van der Waals surface area contributed by atoms with Crippen LogP contribution in [-0.2, 0) is 0 Å². The number of imidazole rings is 1. The summed E-state index contributed by atoms with van der Waals surface area (Å²) in [6.45, 7) is -0.941. The van der Waals surface area contributed by atoms with Crippen LogP contribution >= 0.6 is 0 Å². The molecule has 0 aliphatic rings. The topological polar surface area (TPSA) is 64.9 Å². The highest BCUT2D eigenvalue weighted by atomic mass is 19.3. The number of halogens is 2. The molecule has 2 aromatic heterocycles.